The van der Waals surface area contributed by atoms with E-state index in [0.717, 1.165) is 5.56 Å². The molecular formula is C13H20N2O3. The standard InChI is InChI=1S/C13H20N2O3/c1-4-11(14)13(16)15-8-9-5-6-10(17-2)7-12(9)18-3/h5-7,11H,4,8,14H2,1-3H3,(H,15,16). The summed E-state index contributed by atoms with van der Waals surface area (Å²) in [6.45, 7) is 2.26. The minimum Gasteiger partial charge on any atom is -0.497 e. The first-order valence-corrected chi connectivity index (χ1v) is 5.86. The normalized spacial score (nSPS) is 11.8. The molecule has 1 unspecified atom stereocenters. The highest BCUT2D eigenvalue weighted by Crippen LogP contribution is 2.24. The van der Waals surface area contributed by atoms with Crippen molar-refractivity contribution in [2.24, 2.45) is 5.73 Å². The van der Waals surface area contributed by atoms with E-state index in [1.807, 2.05) is 19.1 Å². The molecule has 3 N–H and O–H groups in total. The van der Waals surface area contributed by atoms with Gasteiger partial charge >= 0.3 is 0 Å². The van der Waals surface area contributed by atoms with Crippen LogP contribution in [-0.2, 0) is 11.3 Å². The van der Waals surface area contributed by atoms with Crippen LogP contribution in [0.15, 0.2) is 18.2 Å². The Hall–Kier alpha value is -1.75. The van der Waals surface area contributed by atoms with Crippen LogP contribution in [0.4, 0.5) is 0 Å². The molecule has 0 saturated carbocycles. The van der Waals surface area contributed by atoms with Crippen LogP contribution in [0, 0.1) is 0 Å². The van der Waals surface area contributed by atoms with E-state index in [0.29, 0.717) is 24.5 Å². The summed E-state index contributed by atoms with van der Waals surface area (Å²) >= 11 is 0. The van der Waals surface area contributed by atoms with Crippen molar-refractivity contribution in [1.29, 1.82) is 0 Å². The molecule has 0 radical (unpaired) electrons. The van der Waals surface area contributed by atoms with Gasteiger partial charge in [-0.05, 0) is 18.6 Å². The van der Waals surface area contributed by atoms with E-state index in [1.54, 1.807) is 20.3 Å². The lowest BCUT2D eigenvalue weighted by atomic mass is 10.1. The Bertz CT molecular complexity index is 407. The highest BCUT2D eigenvalue weighted by atomic mass is 16.5. The molecular weight excluding hydrogens is 232 g/mol. The molecule has 1 aromatic rings. The third-order valence-electron chi connectivity index (χ3n) is 2.72. The summed E-state index contributed by atoms with van der Waals surface area (Å²) in [7, 11) is 3.17. The van der Waals surface area contributed by atoms with E-state index in [1.165, 1.54) is 0 Å². The van der Waals surface area contributed by atoms with Gasteiger partial charge in [-0.15, -0.1) is 0 Å². The summed E-state index contributed by atoms with van der Waals surface area (Å²) in [5.41, 5.74) is 6.52. The van der Waals surface area contributed by atoms with Gasteiger partial charge in [0.1, 0.15) is 11.5 Å². The largest absolute Gasteiger partial charge is 0.497 e. The minimum atomic E-state index is -0.464. The Morgan fingerprint density at radius 3 is 2.67 bits per heavy atom. The maximum atomic E-state index is 11.6. The average Bonchev–Trinajstić information content (AvgIpc) is 2.43. The van der Waals surface area contributed by atoms with Crippen LogP contribution < -0.4 is 20.5 Å². The maximum Gasteiger partial charge on any atom is 0.237 e. The first-order chi connectivity index (χ1) is 8.62. The number of nitrogens with two attached hydrogens (primary N) is 1. The smallest absolute Gasteiger partial charge is 0.237 e. The van der Waals surface area contributed by atoms with Gasteiger partial charge in [0.05, 0.1) is 20.3 Å². The molecule has 1 atom stereocenters. The first kappa shape index (κ1) is 14.3. The number of ether oxygens (including phenoxy) is 2. The highest BCUT2D eigenvalue weighted by Gasteiger charge is 2.11. The molecule has 0 heterocycles. The molecule has 0 aliphatic carbocycles. The summed E-state index contributed by atoms with van der Waals surface area (Å²) in [5.74, 6) is 1.24. The van der Waals surface area contributed by atoms with E-state index in [9.17, 15) is 4.79 Å². The molecule has 100 valence electrons. The fourth-order valence-electron chi connectivity index (χ4n) is 1.50. The van der Waals surface area contributed by atoms with Gasteiger partial charge in [0, 0.05) is 18.2 Å². The summed E-state index contributed by atoms with van der Waals surface area (Å²) in [6.07, 6.45) is 0.617. The fourth-order valence-corrected chi connectivity index (χ4v) is 1.50. The summed E-state index contributed by atoms with van der Waals surface area (Å²) in [4.78, 5) is 11.6. The van der Waals surface area contributed by atoms with Crippen molar-refractivity contribution in [2.75, 3.05) is 14.2 Å². The first-order valence-electron chi connectivity index (χ1n) is 5.86. The topological polar surface area (TPSA) is 73.6 Å². The number of carbonyl (C=O) groups excluding carboxylic acids is 1. The molecule has 0 bridgehead atoms. The van der Waals surface area contributed by atoms with Crippen molar-refractivity contribution in [2.45, 2.75) is 25.9 Å². The van der Waals surface area contributed by atoms with Crippen molar-refractivity contribution in [3.63, 3.8) is 0 Å². The molecule has 0 aromatic heterocycles. The lowest BCUT2D eigenvalue weighted by Gasteiger charge is -2.13. The van der Waals surface area contributed by atoms with Gasteiger partial charge in [0.2, 0.25) is 5.91 Å². The van der Waals surface area contributed by atoms with Crippen molar-refractivity contribution in [1.82, 2.24) is 5.32 Å². The predicted octanol–water partition coefficient (Wildman–Crippen LogP) is 1.06. The van der Waals surface area contributed by atoms with E-state index in [4.69, 9.17) is 15.2 Å². The molecule has 5 heteroatoms. The van der Waals surface area contributed by atoms with Crippen molar-refractivity contribution in [3.8, 4) is 11.5 Å². The molecule has 0 saturated heterocycles. The predicted molar refractivity (Wildman–Crippen MR) is 69.7 cm³/mol. The number of amides is 1. The zero-order chi connectivity index (χ0) is 13.5. The Balaban J connectivity index is 2.70. The van der Waals surface area contributed by atoms with Crippen molar-refractivity contribution in [3.05, 3.63) is 23.8 Å². The Morgan fingerprint density at radius 2 is 2.11 bits per heavy atom. The van der Waals surface area contributed by atoms with Gasteiger partial charge < -0.3 is 20.5 Å². The van der Waals surface area contributed by atoms with Crippen LogP contribution in [0.3, 0.4) is 0 Å². The average molecular weight is 252 g/mol. The van der Waals surface area contributed by atoms with Crippen LogP contribution in [0.25, 0.3) is 0 Å². The van der Waals surface area contributed by atoms with Crippen molar-refractivity contribution < 1.29 is 14.3 Å². The van der Waals surface area contributed by atoms with E-state index in [-0.39, 0.29) is 5.91 Å². The summed E-state index contributed by atoms with van der Waals surface area (Å²) in [5, 5.41) is 2.78. The second-order valence-corrected chi connectivity index (χ2v) is 3.91. The number of methoxy groups -OCH3 is 2. The zero-order valence-electron chi connectivity index (χ0n) is 11.0. The number of hydrogen-bond donors (Lipinski definition) is 2. The fraction of sp³-hybridized carbons (Fsp3) is 0.462. The number of carbonyl (C=O) groups is 1. The van der Waals surface area contributed by atoms with Crippen LogP contribution in [0.2, 0.25) is 0 Å². The van der Waals surface area contributed by atoms with Gasteiger partial charge in [-0.1, -0.05) is 6.92 Å². The third kappa shape index (κ3) is 3.63. The molecule has 0 aliphatic heterocycles. The Labute approximate surface area is 107 Å². The van der Waals surface area contributed by atoms with Gasteiger partial charge in [-0.2, -0.15) is 0 Å². The Morgan fingerprint density at radius 1 is 1.39 bits per heavy atom. The molecule has 0 aliphatic rings. The van der Waals surface area contributed by atoms with E-state index < -0.39 is 6.04 Å². The SMILES string of the molecule is CCC(N)C(=O)NCc1ccc(OC)cc1OC. The molecule has 0 spiro atoms. The van der Waals surface area contributed by atoms with Crippen molar-refractivity contribution >= 4 is 5.91 Å². The van der Waals surface area contributed by atoms with Crippen LogP contribution >= 0.6 is 0 Å². The van der Waals surface area contributed by atoms with Gasteiger partial charge in [0.15, 0.2) is 0 Å². The lowest BCUT2D eigenvalue weighted by Crippen LogP contribution is -2.39. The lowest BCUT2D eigenvalue weighted by molar-refractivity contribution is -0.122. The molecule has 0 fully saturated rings. The minimum absolute atomic E-state index is 0.157. The number of rotatable bonds is 6. The Kier molecular flexibility index (Phi) is 5.45. The number of hydrogen-bond acceptors (Lipinski definition) is 4. The molecule has 5 nitrogen and oxygen atoms in total. The molecule has 1 amide bonds. The van der Waals surface area contributed by atoms with Crippen LogP contribution in [0.5, 0.6) is 11.5 Å². The highest BCUT2D eigenvalue weighted by molar-refractivity contribution is 5.81. The zero-order valence-corrected chi connectivity index (χ0v) is 11.0. The van der Waals surface area contributed by atoms with Gasteiger partial charge in [-0.3, -0.25) is 4.79 Å². The second kappa shape index (κ2) is 6.86. The van der Waals surface area contributed by atoms with E-state index >= 15 is 0 Å². The molecule has 1 aromatic carbocycles. The third-order valence-corrected chi connectivity index (χ3v) is 2.72. The van der Waals surface area contributed by atoms with Gasteiger partial charge in [-0.25, -0.2) is 0 Å². The second-order valence-electron chi connectivity index (χ2n) is 3.91. The van der Waals surface area contributed by atoms with Crippen LogP contribution in [0.1, 0.15) is 18.9 Å². The monoisotopic (exact) mass is 252 g/mol. The van der Waals surface area contributed by atoms with E-state index in [2.05, 4.69) is 5.32 Å². The number of benzene rings is 1. The van der Waals surface area contributed by atoms with Gasteiger partial charge in [0.25, 0.3) is 0 Å². The molecule has 1 rings (SSSR count). The molecule has 18 heavy (non-hydrogen) atoms. The quantitative estimate of drug-likeness (QED) is 0.794. The maximum absolute atomic E-state index is 11.6. The summed E-state index contributed by atoms with van der Waals surface area (Å²) in [6, 6.07) is 5.00. The summed E-state index contributed by atoms with van der Waals surface area (Å²) < 4.78 is 10.3. The van der Waals surface area contributed by atoms with Crippen LogP contribution in [-0.4, -0.2) is 26.2 Å². The number of nitrogens with one attached hydrogen (secondary N) is 1.